The summed E-state index contributed by atoms with van der Waals surface area (Å²) >= 11 is 0. The number of pyridine rings is 1. The Labute approximate surface area is 99.7 Å². The van der Waals surface area contributed by atoms with E-state index in [-0.39, 0.29) is 0 Å². The third kappa shape index (κ3) is 4.92. The first-order valence-electron chi connectivity index (χ1n) is 5.03. The molecule has 0 amide bonds. The van der Waals surface area contributed by atoms with Crippen LogP contribution >= 0.6 is 0 Å². The average Bonchev–Trinajstić information content (AvgIpc) is 2.27. The van der Waals surface area contributed by atoms with Crippen molar-refractivity contribution in [2.45, 2.75) is 19.4 Å². The Bertz CT molecular complexity index is 472. The lowest BCUT2D eigenvalue weighted by Crippen LogP contribution is -2.30. The van der Waals surface area contributed by atoms with Crippen LogP contribution < -0.4 is 4.72 Å². The van der Waals surface area contributed by atoms with Crippen LogP contribution in [0.3, 0.4) is 0 Å². The number of carbonyl (C=O) groups is 1. The van der Waals surface area contributed by atoms with Crippen LogP contribution in [-0.2, 0) is 14.8 Å². The van der Waals surface area contributed by atoms with Crippen molar-refractivity contribution in [2.24, 2.45) is 0 Å². The second kappa shape index (κ2) is 5.74. The number of sulfonamides is 1. The predicted octanol–water partition coefficient (Wildman–Crippen LogP) is 0.537. The summed E-state index contributed by atoms with van der Waals surface area (Å²) in [6.45, 7) is 1.65. The molecule has 0 radical (unpaired) electrons. The molecule has 1 atom stereocenters. The molecule has 1 heterocycles. The van der Waals surface area contributed by atoms with Crippen LogP contribution in [0.25, 0.3) is 0 Å². The first-order valence-corrected chi connectivity index (χ1v) is 6.68. The number of nitrogens with zero attached hydrogens (tertiary/aromatic N) is 1. The highest BCUT2D eigenvalue weighted by atomic mass is 32.2. The minimum Gasteiger partial charge on any atom is -0.481 e. The van der Waals surface area contributed by atoms with Crippen molar-refractivity contribution in [2.75, 3.05) is 5.75 Å². The Morgan fingerprint density at radius 1 is 1.53 bits per heavy atom. The summed E-state index contributed by atoms with van der Waals surface area (Å²) in [5.74, 6) is -1.57. The molecule has 1 aromatic rings. The molecule has 0 aliphatic rings. The van der Waals surface area contributed by atoms with Gasteiger partial charge < -0.3 is 5.11 Å². The number of hydrogen-bond donors (Lipinski definition) is 2. The van der Waals surface area contributed by atoms with Gasteiger partial charge in [0.15, 0.2) is 0 Å². The molecule has 0 aliphatic carbocycles. The van der Waals surface area contributed by atoms with E-state index in [9.17, 15) is 13.2 Å². The number of rotatable bonds is 6. The highest BCUT2D eigenvalue weighted by molar-refractivity contribution is 7.89. The van der Waals surface area contributed by atoms with E-state index < -0.39 is 34.2 Å². The molecule has 0 spiro atoms. The molecule has 0 bridgehead atoms. The van der Waals surface area contributed by atoms with Gasteiger partial charge in [-0.3, -0.25) is 9.78 Å². The summed E-state index contributed by atoms with van der Waals surface area (Å²) in [6.07, 6.45) is 1.15. The third-order valence-corrected chi connectivity index (χ3v) is 3.53. The van der Waals surface area contributed by atoms with Gasteiger partial charge in [0.05, 0.1) is 23.9 Å². The van der Waals surface area contributed by atoms with Gasteiger partial charge >= 0.3 is 5.97 Å². The SMILES string of the molecule is C[C@H](NS(=O)(=O)CCC(=O)O)c1ccccn1. The van der Waals surface area contributed by atoms with Crippen molar-refractivity contribution in [3.8, 4) is 0 Å². The number of hydrogen-bond acceptors (Lipinski definition) is 4. The summed E-state index contributed by atoms with van der Waals surface area (Å²) in [7, 11) is -3.59. The summed E-state index contributed by atoms with van der Waals surface area (Å²) in [5, 5.41) is 8.42. The van der Waals surface area contributed by atoms with Gasteiger partial charge in [0.2, 0.25) is 10.0 Å². The third-order valence-electron chi connectivity index (χ3n) is 2.07. The fraction of sp³-hybridized carbons (Fsp3) is 0.400. The molecule has 0 unspecified atom stereocenters. The van der Waals surface area contributed by atoms with Gasteiger partial charge in [-0.1, -0.05) is 6.07 Å². The molecule has 1 rings (SSSR count). The van der Waals surface area contributed by atoms with Gasteiger partial charge in [-0.2, -0.15) is 0 Å². The first-order chi connectivity index (χ1) is 7.91. The highest BCUT2D eigenvalue weighted by Gasteiger charge is 2.17. The maximum absolute atomic E-state index is 11.5. The number of aromatic nitrogens is 1. The molecule has 2 N–H and O–H groups in total. The largest absolute Gasteiger partial charge is 0.481 e. The van der Waals surface area contributed by atoms with Gasteiger partial charge in [0.25, 0.3) is 0 Å². The number of carboxylic acid groups (broad SMARTS) is 1. The normalized spacial score (nSPS) is 13.2. The fourth-order valence-electron chi connectivity index (χ4n) is 1.24. The molecule has 0 fully saturated rings. The Hall–Kier alpha value is -1.47. The Balaban J connectivity index is 2.62. The van der Waals surface area contributed by atoms with Crippen molar-refractivity contribution in [1.29, 1.82) is 0 Å². The second-order valence-corrected chi connectivity index (χ2v) is 5.43. The molecular weight excluding hydrogens is 244 g/mol. The van der Waals surface area contributed by atoms with Crippen molar-refractivity contribution in [3.05, 3.63) is 30.1 Å². The average molecular weight is 258 g/mol. The number of carboxylic acids is 1. The van der Waals surface area contributed by atoms with Crippen LogP contribution in [0.1, 0.15) is 25.1 Å². The van der Waals surface area contributed by atoms with Crippen molar-refractivity contribution in [1.82, 2.24) is 9.71 Å². The zero-order valence-electron chi connectivity index (χ0n) is 9.33. The maximum atomic E-state index is 11.5. The van der Waals surface area contributed by atoms with E-state index >= 15 is 0 Å². The summed E-state index contributed by atoms with van der Waals surface area (Å²) in [4.78, 5) is 14.3. The standard InChI is InChI=1S/C10H14N2O4S/c1-8(9-4-2-3-6-11-9)12-17(15,16)7-5-10(13)14/h2-4,6,8,12H,5,7H2,1H3,(H,13,14)/t8-/m0/s1. The van der Waals surface area contributed by atoms with Crippen molar-refractivity contribution >= 4 is 16.0 Å². The van der Waals surface area contributed by atoms with E-state index in [0.717, 1.165) is 0 Å². The van der Waals surface area contributed by atoms with Crippen LogP contribution in [0.5, 0.6) is 0 Å². The molecule has 0 aliphatic heterocycles. The molecular formula is C10H14N2O4S. The molecule has 7 heteroatoms. The van der Waals surface area contributed by atoms with Crippen molar-refractivity contribution in [3.63, 3.8) is 0 Å². The van der Waals surface area contributed by atoms with E-state index in [0.29, 0.717) is 5.69 Å². The smallest absolute Gasteiger partial charge is 0.304 e. The summed E-state index contributed by atoms with van der Waals surface area (Å²) < 4.78 is 25.4. The first kappa shape index (κ1) is 13.6. The second-order valence-electron chi connectivity index (χ2n) is 3.56. The topological polar surface area (TPSA) is 96.4 Å². The molecule has 17 heavy (non-hydrogen) atoms. The minimum atomic E-state index is -3.59. The van der Waals surface area contributed by atoms with Crippen LogP contribution in [0.4, 0.5) is 0 Å². The molecule has 94 valence electrons. The van der Waals surface area contributed by atoms with Gasteiger partial charge in [-0.15, -0.1) is 0 Å². The van der Waals surface area contributed by atoms with E-state index in [1.807, 2.05) is 0 Å². The number of nitrogens with one attached hydrogen (secondary N) is 1. The predicted molar refractivity (Wildman–Crippen MR) is 61.8 cm³/mol. The molecule has 0 saturated carbocycles. The highest BCUT2D eigenvalue weighted by Crippen LogP contribution is 2.09. The van der Waals surface area contributed by atoms with Gasteiger partial charge in [-0.05, 0) is 19.1 Å². The Morgan fingerprint density at radius 2 is 2.24 bits per heavy atom. The summed E-state index contributed by atoms with van der Waals surface area (Å²) in [6, 6.07) is 4.71. The zero-order chi connectivity index (χ0) is 12.9. The van der Waals surface area contributed by atoms with Gasteiger partial charge in [0.1, 0.15) is 0 Å². The van der Waals surface area contributed by atoms with Crippen LogP contribution in [0, 0.1) is 0 Å². The molecule has 6 nitrogen and oxygen atoms in total. The fourth-order valence-corrected chi connectivity index (χ4v) is 2.46. The van der Waals surface area contributed by atoms with Crippen molar-refractivity contribution < 1.29 is 18.3 Å². The van der Waals surface area contributed by atoms with E-state index in [1.54, 1.807) is 31.3 Å². The Morgan fingerprint density at radius 3 is 2.76 bits per heavy atom. The Kier molecular flexibility index (Phi) is 4.59. The minimum absolute atomic E-state index is 0.412. The lowest BCUT2D eigenvalue weighted by molar-refractivity contribution is -0.136. The van der Waals surface area contributed by atoms with Crippen LogP contribution in [0.15, 0.2) is 24.4 Å². The molecule has 0 saturated heterocycles. The maximum Gasteiger partial charge on any atom is 0.304 e. The lowest BCUT2D eigenvalue weighted by Gasteiger charge is -2.12. The van der Waals surface area contributed by atoms with E-state index in [4.69, 9.17) is 5.11 Å². The monoisotopic (exact) mass is 258 g/mol. The zero-order valence-corrected chi connectivity index (χ0v) is 10.1. The quantitative estimate of drug-likeness (QED) is 0.776. The lowest BCUT2D eigenvalue weighted by atomic mass is 10.2. The van der Waals surface area contributed by atoms with Crippen LogP contribution in [0.2, 0.25) is 0 Å². The molecule has 1 aromatic heterocycles. The van der Waals surface area contributed by atoms with Gasteiger partial charge in [-0.25, -0.2) is 13.1 Å². The van der Waals surface area contributed by atoms with Gasteiger partial charge in [0, 0.05) is 6.20 Å². The molecule has 0 aromatic carbocycles. The number of aliphatic carboxylic acids is 1. The van der Waals surface area contributed by atoms with E-state index in [2.05, 4.69) is 9.71 Å². The van der Waals surface area contributed by atoms with E-state index in [1.165, 1.54) is 0 Å². The summed E-state index contributed by atoms with van der Waals surface area (Å²) in [5.41, 5.74) is 0.589. The van der Waals surface area contributed by atoms with Crippen LogP contribution in [-0.4, -0.2) is 30.2 Å².